The molecule has 5 nitrogen and oxygen atoms in total. The van der Waals surface area contributed by atoms with Gasteiger partial charge in [0, 0.05) is 31.9 Å². The molecule has 94 valence electrons. The highest BCUT2D eigenvalue weighted by Gasteiger charge is 2.33. The van der Waals surface area contributed by atoms with Gasteiger partial charge in [-0.15, -0.1) is 5.10 Å². The quantitative estimate of drug-likeness (QED) is 0.752. The van der Waals surface area contributed by atoms with Crippen molar-refractivity contribution < 1.29 is 0 Å². The molecule has 2 N–H and O–H groups in total. The molecule has 1 aromatic rings. The Labute approximate surface area is 102 Å². The highest BCUT2D eigenvalue weighted by Crippen LogP contribution is 2.34. The highest BCUT2D eigenvalue weighted by molar-refractivity contribution is 4.91. The van der Waals surface area contributed by atoms with Crippen molar-refractivity contribution in [1.82, 2.24) is 19.9 Å². The van der Waals surface area contributed by atoms with Crippen molar-refractivity contribution in [3.8, 4) is 0 Å². The molecule has 0 atom stereocenters. The Kier molecular flexibility index (Phi) is 3.11. The molecule has 1 aromatic heterocycles. The zero-order valence-electron chi connectivity index (χ0n) is 10.3. The largest absolute Gasteiger partial charge is 0.325 e. The predicted octanol–water partition coefficient (Wildman–Crippen LogP) is 0.611. The molecule has 2 aliphatic rings. The van der Waals surface area contributed by atoms with Crippen LogP contribution in [0.4, 0.5) is 0 Å². The number of rotatable bonds is 7. The van der Waals surface area contributed by atoms with E-state index in [-0.39, 0.29) is 0 Å². The second-order valence-electron chi connectivity index (χ2n) is 5.35. The van der Waals surface area contributed by atoms with Gasteiger partial charge in [-0.2, -0.15) is 0 Å². The van der Waals surface area contributed by atoms with Crippen LogP contribution in [0.1, 0.15) is 31.4 Å². The number of nitrogens with two attached hydrogens (primary N) is 1. The summed E-state index contributed by atoms with van der Waals surface area (Å²) < 4.78 is 1.92. The normalized spacial score (nSPS) is 20.1. The van der Waals surface area contributed by atoms with Gasteiger partial charge in [-0.1, -0.05) is 5.21 Å². The van der Waals surface area contributed by atoms with Gasteiger partial charge in [0.1, 0.15) is 0 Å². The summed E-state index contributed by atoms with van der Waals surface area (Å²) in [4.78, 5) is 2.64. The fraction of sp³-hybridized carbons (Fsp3) is 0.833. The Morgan fingerprint density at radius 3 is 2.76 bits per heavy atom. The van der Waals surface area contributed by atoms with Crippen molar-refractivity contribution in [2.24, 2.45) is 11.7 Å². The van der Waals surface area contributed by atoms with Crippen LogP contribution in [0.3, 0.4) is 0 Å². The minimum absolute atomic E-state index is 0.481. The number of hydrogen-bond acceptors (Lipinski definition) is 4. The van der Waals surface area contributed by atoms with Crippen molar-refractivity contribution >= 4 is 0 Å². The number of nitrogens with zero attached hydrogens (tertiary/aromatic N) is 4. The molecule has 2 saturated carbocycles. The van der Waals surface area contributed by atoms with E-state index in [9.17, 15) is 0 Å². The lowest BCUT2D eigenvalue weighted by atomic mass is 10.3. The molecule has 0 amide bonds. The van der Waals surface area contributed by atoms with Crippen molar-refractivity contribution in [3.63, 3.8) is 0 Å². The molecule has 1 heterocycles. The molecule has 0 saturated heterocycles. The van der Waals surface area contributed by atoms with Gasteiger partial charge in [-0.25, -0.2) is 0 Å². The molecule has 5 heteroatoms. The summed E-state index contributed by atoms with van der Waals surface area (Å²) in [7, 11) is 0. The Hall–Kier alpha value is -0.940. The molecular weight excluding hydrogens is 214 g/mol. The SMILES string of the molecule is NCc1cn(CCN(CC2CC2)C2CC2)nn1. The van der Waals surface area contributed by atoms with Crippen molar-refractivity contribution in [2.75, 3.05) is 13.1 Å². The van der Waals surface area contributed by atoms with Crippen LogP contribution in [0.25, 0.3) is 0 Å². The molecule has 0 aliphatic heterocycles. The molecule has 0 radical (unpaired) electrons. The minimum atomic E-state index is 0.481. The summed E-state index contributed by atoms with van der Waals surface area (Å²) >= 11 is 0. The average molecular weight is 235 g/mol. The maximum absolute atomic E-state index is 5.53. The molecule has 17 heavy (non-hydrogen) atoms. The standard InChI is InChI=1S/C12H21N5/c13-7-11-9-17(15-14-11)6-5-16(12-3-4-12)8-10-1-2-10/h9-10,12H,1-8,13H2. The van der Waals surface area contributed by atoms with Crippen LogP contribution in [0, 0.1) is 5.92 Å². The lowest BCUT2D eigenvalue weighted by molar-refractivity contribution is 0.238. The molecule has 3 rings (SSSR count). The van der Waals surface area contributed by atoms with Gasteiger partial charge in [-0.3, -0.25) is 9.58 Å². The lowest BCUT2D eigenvalue weighted by Gasteiger charge is -2.21. The van der Waals surface area contributed by atoms with Gasteiger partial charge in [0.15, 0.2) is 0 Å². The van der Waals surface area contributed by atoms with Gasteiger partial charge >= 0.3 is 0 Å². The Morgan fingerprint density at radius 1 is 1.35 bits per heavy atom. The predicted molar refractivity (Wildman–Crippen MR) is 65.2 cm³/mol. The lowest BCUT2D eigenvalue weighted by Crippen LogP contribution is -2.31. The van der Waals surface area contributed by atoms with Crippen molar-refractivity contribution in [1.29, 1.82) is 0 Å². The molecule has 2 aliphatic carbocycles. The fourth-order valence-corrected chi connectivity index (χ4v) is 2.27. The smallest absolute Gasteiger partial charge is 0.0962 e. The van der Waals surface area contributed by atoms with Crippen LogP contribution in [0.5, 0.6) is 0 Å². The van der Waals surface area contributed by atoms with Gasteiger partial charge in [-0.05, 0) is 31.6 Å². The number of hydrogen-bond donors (Lipinski definition) is 1. The summed E-state index contributed by atoms with van der Waals surface area (Å²) in [6.45, 7) is 3.82. The van der Waals surface area contributed by atoms with E-state index in [4.69, 9.17) is 5.73 Å². The molecule has 2 fully saturated rings. The van der Waals surface area contributed by atoms with Gasteiger partial charge in [0.25, 0.3) is 0 Å². The summed E-state index contributed by atoms with van der Waals surface area (Å²) in [6, 6.07) is 0.855. The van der Waals surface area contributed by atoms with E-state index in [0.29, 0.717) is 6.54 Å². The molecular formula is C12H21N5. The fourth-order valence-electron chi connectivity index (χ4n) is 2.27. The second kappa shape index (κ2) is 4.74. The summed E-state index contributed by atoms with van der Waals surface area (Å²) in [5.41, 5.74) is 6.41. The van der Waals surface area contributed by atoms with Crippen LogP contribution < -0.4 is 5.73 Å². The van der Waals surface area contributed by atoms with Gasteiger partial charge in [0.05, 0.1) is 12.2 Å². The Morgan fingerprint density at radius 2 is 2.18 bits per heavy atom. The van der Waals surface area contributed by atoms with E-state index >= 15 is 0 Å². The van der Waals surface area contributed by atoms with E-state index in [1.807, 2.05) is 10.9 Å². The summed E-state index contributed by atoms with van der Waals surface area (Å²) in [5, 5.41) is 8.11. The molecule has 0 bridgehead atoms. The number of aromatic nitrogens is 3. The monoisotopic (exact) mass is 235 g/mol. The third-order valence-electron chi connectivity index (χ3n) is 3.66. The van der Waals surface area contributed by atoms with Crippen molar-refractivity contribution in [3.05, 3.63) is 11.9 Å². The van der Waals surface area contributed by atoms with E-state index in [0.717, 1.165) is 30.7 Å². The first-order valence-electron chi connectivity index (χ1n) is 6.68. The summed E-state index contributed by atoms with van der Waals surface area (Å²) in [6.07, 6.45) is 7.60. The maximum atomic E-state index is 5.53. The van der Waals surface area contributed by atoms with E-state index in [1.54, 1.807) is 0 Å². The first-order valence-corrected chi connectivity index (χ1v) is 6.68. The molecule has 0 unspecified atom stereocenters. The van der Waals surface area contributed by atoms with Gasteiger partial charge in [0.2, 0.25) is 0 Å². The van der Waals surface area contributed by atoms with E-state index in [2.05, 4.69) is 15.2 Å². The topological polar surface area (TPSA) is 60.0 Å². The minimum Gasteiger partial charge on any atom is -0.325 e. The average Bonchev–Trinajstić information content (AvgIpc) is 3.24. The van der Waals surface area contributed by atoms with Crippen LogP contribution in [-0.2, 0) is 13.1 Å². The van der Waals surface area contributed by atoms with Crippen LogP contribution in [0.2, 0.25) is 0 Å². The first-order chi connectivity index (χ1) is 8.35. The van der Waals surface area contributed by atoms with Crippen LogP contribution in [0.15, 0.2) is 6.20 Å². The third-order valence-corrected chi connectivity index (χ3v) is 3.66. The first kappa shape index (κ1) is 11.2. The third kappa shape index (κ3) is 3.04. The highest BCUT2D eigenvalue weighted by atomic mass is 15.4. The zero-order valence-corrected chi connectivity index (χ0v) is 10.3. The molecule has 0 spiro atoms. The zero-order chi connectivity index (χ0) is 11.7. The van der Waals surface area contributed by atoms with Crippen LogP contribution in [-0.4, -0.2) is 39.0 Å². The Bertz CT molecular complexity index is 367. The molecule has 0 aromatic carbocycles. The van der Waals surface area contributed by atoms with Crippen molar-refractivity contribution in [2.45, 2.75) is 44.8 Å². The van der Waals surface area contributed by atoms with Gasteiger partial charge < -0.3 is 5.73 Å². The summed E-state index contributed by atoms with van der Waals surface area (Å²) in [5.74, 6) is 0.978. The van der Waals surface area contributed by atoms with Crippen LogP contribution >= 0.6 is 0 Å². The second-order valence-corrected chi connectivity index (χ2v) is 5.35. The van der Waals surface area contributed by atoms with E-state index in [1.165, 1.54) is 32.2 Å². The Balaban J connectivity index is 1.50. The maximum Gasteiger partial charge on any atom is 0.0962 e. The van der Waals surface area contributed by atoms with E-state index < -0.39 is 0 Å².